The van der Waals surface area contributed by atoms with E-state index in [1.54, 1.807) is 30.5 Å². The number of hydrogen-bond donors (Lipinski definition) is 2. The number of carbonyl (C=O) groups is 2. The number of hydrogen-bond acceptors (Lipinski definition) is 8. The first-order valence-electron chi connectivity index (χ1n) is 13.3. The van der Waals surface area contributed by atoms with Crippen LogP contribution in [0.25, 0.3) is 22.1 Å². The third-order valence-electron chi connectivity index (χ3n) is 7.35. The van der Waals surface area contributed by atoms with Crippen LogP contribution in [-0.2, 0) is 4.79 Å². The lowest BCUT2D eigenvalue weighted by Gasteiger charge is -2.29. The standard InChI is InChI=1S/C30H28FN3O6/c31-23-13-22(15-26-29(23)39-12-11-38-26)27(35)24(17-34-9-1-2-10-34)33-30(37)28(36)19-5-3-18(4-6-19)20-7-8-21-16-32-40-25(21)14-20/h3-8,13-16,24,27,35H,1-2,9-12,17H2,(H,33,37). The highest BCUT2D eigenvalue weighted by molar-refractivity contribution is 6.42. The van der Waals surface area contributed by atoms with Gasteiger partial charge in [-0.1, -0.05) is 35.5 Å². The number of aliphatic hydroxyl groups is 1. The molecule has 6 rings (SSSR count). The molecule has 10 heteroatoms. The van der Waals surface area contributed by atoms with Crippen LogP contribution in [0.1, 0.15) is 34.9 Å². The molecule has 206 valence electrons. The average molecular weight is 546 g/mol. The molecule has 2 unspecified atom stereocenters. The van der Waals surface area contributed by atoms with Gasteiger partial charge in [-0.05, 0) is 66.9 Å². The molecule has 3 heterocycles. The zero-order chi connectivity index (χ0) is 27.6. The number of Topliss-reactive ketones (excluding diaryl/α,β-unsaturated/α-hetero) is 1. The van der Waals surface area contributed by atoms with Gasteiger partial charge in [-0.15, -0.1) is 0 Å². The topological polar surface area (TPSA) is 114 Å². The Morgan fingerprint density at radius 3 is 2.55 bits per heavy atom. The molecule has 0 spiro atoms. The Morgan fingerprint density at radius 2 is 1.75 bits per heavy atom. The lowest BCUT2D eigenvalue weighted by molar-refractivity contribution is -0.118. The molecule has 2 atom stereocenters. The Labute approximate surface area is 229 Å². The predicted molar refractivity (Wildman–Crippen MR) is 144 cm³/mol. The molecule has 0 bridgehead atoms. The van der Waals surface area contributed by atoms with Crippen LogP contribution < -0.4 is 14.8 Å². The van der Waals surface area contributed by atoms with E-state index >= 15 is 0 Å². The van der Waals surface area contributed by atoms with Crippen LogP contribution in [0.3, 0.4) is 0 Å². The van der Waals surface area contributed by atoms with E-state index < -0.39 is 29.7 Å². The van der Waals surface area contributed by atoms with E-state index in [1.807, 2.05) is 18.2 Å². The van der Waals surface area contributed by atoms with Crippen LogP contribution in [0.15, 0.2) is 65.3 Å². The number of halogens is 1. The van der Waals surface area contributed by atoms with Crippen molar-refractivity contribution in [2.24, 2.45) is 0 Å². The van der Waals surface area contributed by atoms with Crippen LogP contribution in [0.4, 0.5) is 4.39 Å². The van der Waals surface area contributed by atoms with Gasteiger partial charge >= 0.3 is 0 Å². The zero-order valence-electron chi connectivity index (χ0n) is 21.6. The summed E-state index contributed by atoms with van der Waals surface area (Å²) in [5, 5.41) is 18.6. The Hall–Kier alpha value is -4.28. The average Bonchev–Trinajstić information content (AvgIpc) is 3.68. The van der Waals surface area contributed by atoms with E-state index in [-0.39, 0.29) is 35.8 Å². The van der Waals surface area contributed by atoms with Crippen molar-refractivity contribution in [1.82, 2.24) is 15.4 Å². The summed E-state index contributed by atoms with van der Waals surface area (Å²) in [5.74, 6) is -2.04. The highest BCUT2D eigenvalue weighted by Crippen LogP contribution is 2.36. The molecule has 3 aromatic carbocycles. The number of rotatable bonds is 8. The minimum absolute atomic E-state index is 0.00158. The van der Waals surface area contributed by atoms with Gasteiger partial charge in [-0.2, -0.15) is 0 Å². The Balaban J connectivity index is 1.19. The number of fused-ring (bicyclic) bond motifs is 2. The fourth-order valence-corrected chi connectivity index (χ4v) is 5.22. The Bertz CT molecular complexity index is 1550. The second kappa shape index (κ2) is 11.1. The van der Waals surface area contributed by atoms with Crippen molar-refractivity contribution in [2.45, 2.75) is 25.0 Å². The van der Waals surface area contributed by atoms with Crippen molar-refractivity contribution in [2.75, 3.05) is 32.8 Å². The third-order valence-corrected chi connectivity index (χ3v) is 7.35. The van der Waals surface area contributed by atoms with Crippen LogP contribution in [0.2, 0.25) is 0 Å². The molecule has 1 aromatic heterocycles. The van der Waals surface area contributed by atoms with E-state index in [2.05, 4.69) is 15.4 Å². The maximum absolute atomic E-state index is 14.7. The van der Waals surface area contributed by atoms with Crippen molar-refractivity contribution in [1.29, 1.82) is 0 Å². The minimum Gasteiger partial charge on any atom is -0.486 e. The first-order valence-corrected chi connectivity index (χ1v) is 13.3. The molecule has 9 nitrogen and oxygen atoms in total. The summed E-state index contributed by atoms with van der Waals surface area (Å²) < 4.78 is 30.8. The van der Waals surface area contributed by atoms with Crippen LogP contribution in [0, 0.1) is 5.82 Å². The molecule has 2 N–H and O–H groups in total. The number of amides is 1. The molecular formula is C30H28FN3O6. The summed E-state index contributed by atoms with van der Waals surface area (Å²) in [6.45, 7) is 2.42. The third kappa shape index (κ3) is 5.28. The molecule has 1 fully saturated rings. The highest BCUT2D eigenvalue weighted by Gasteiger charge is 2.31. The van der Waals surface area contributed by atoms with Gasteiger partial charge in [-0.3, -0.25) is 9.59 Å². The maximum atomic E-state index is 14.7. The highest BCUT2D eigenvalue weighted by atomic mass is 19.1. The molecule has 1 saturated heterocycles. The molecule has 1 amide bonds. The van der Waals surface area contributed by atoms with Gasteiger partial charge in [0.25, 0.3) is 5.91 Å². The van der Waals surface area contributed by atoms with Crippen molar-refractivity contribution in [3.8, 4) is 22.6 Å². The van der Waals surface area contributed by atoms with E-state index in [9.17, 15) is 19.1 Å². The van der Waals surface area contributed by atoms with Crippen molar-refractivity contribution >= 4 is 22.7 Å². The van der Waals surface area contributed by atoms with Gasteiger partial charge in [0, 0.05) is 17.5 Å². The number of aromatic nitrogens is 1. The first-order chi connectivity index (χ1) is 19.5. The summed E-state index contributed by atoms with van der Waals surface area (Å²) in [4.78, 5) is 28.3. The maximum Gasteiger partial charge on any atom is 0.292 e. The number of benzene rings is 3. The lowest BCUT2D eigenvalue weighted by Crippen LogP contribution is -2.48. The van der Waals surface area contributed by atoms with E-state index in [1.165, 1.54) is 12.1 Å². The molecule has 0 saturated carbocycles. The second-order valence-electron chi connectivity index (χ2n) is 10.0. The first kappa shape index (κ1) is 26.0. The molecule has 40 heavy (non-hydrogen) atoms. The van der Waals surface area contributed by atoms with Gasteiger partial charge in [0.2, 0.25) is 5.78 Å². The van der Waals surface area contributed by atoms with Crippen LogP contribution >= 0.6 is 0 Å². The second-order valence-corrected chi connectivity index (χ2v) is 10.0. The Kier molecular flexibility index (Phi) is 7.19. The normalized spacial score (nSPS) is 16.6. The van der Waals surface area contributed by atoms with Crippen molar-refractivity contribution < 1.29 is 33.1 Å². The number of ether oxygens (including phenoxy) is 2. The van der Waals surface area contributed by atoms with E-state index in [0.717, 1.165) is 42.4 Å². The fraction of sp³-hybridized carbons (Fsp3) is 0.300. The molecule has 2 aliphatic rings. The minimum atomic E-state index is -1.28. The van der Waals surface area contributed by atoms with Crippen molar-refractivity contribution in [3.05, 3.63) is 77.7 Å². The predicted octanol–water partition coefficient (Wildman–Crippen LogP) is 3.90. The van der Waals surface area contributed by atoms with E-state index in [4.69, 9.17) is 14.0 Å². The summed E-state index contributed by atoms with van der Waals surface area (Å²) in [5.41, 5.74) is 2.82. The van der Waals surface area contributed by atoms with Crippen LogP contribution in [-0.4, -0.2) is 65.7 Å². The van der Waals surface area contributed by atoms with Gasteiger partial charge < -0.3 is 29.3 Å². The molecule has 4 aromatic rings. The number of carbonyl (C=O) groups excluding carboxylic acids is 2. The zero-order valence-corrected chi connectivity index (χ0v) is 21.6. The number of aliphatic hydroxyl groups excluding tert-OH is 1. The lowest BCUT2D eigenvalue weighted by atomic mass is 9.99. The fourth-order valence-electron chi connectivity index (χ4n) is 5.22. The molecule has 0 aliphatic carbocycles. The summed E-state index contributed by atoms with van der Waals surface area (Å²) in [7, 11) is 0. The van der Waals surface area contributed by atoms with Gasteiger partial charge in [-0.25, -0.2) is 4.39 Å². The van der Waals surface area contributed by atoms with Gasteiger partial charge in [0.15, 0.2) is 22.9 Å². The number of ketones is 1. The largest absolute Gasteiger partial charge is 0.486 e. The van der Waals surface area contributed by atoms with E-state index in [0.29, 0.717) is 12.1 Å². The number of nitrogens with zero attached hydrogens (tertiary/aromatic N) is 2. The quantitative estimate of drug-likeness (QED) is 0.253. The smallest absolute Gasteiger partial charge is 0.292 e. The van der Waals surface area contributed by atoms with Crippen LogP contribution in [0.5, 0.6) is 11.5 Å². The van der Waals surface area contributed by atoms with Gasteiger partial charge in [0.05, 0.1) is 12.2 Å². The van der Waals surface area contributed by atoms with Crippen molar-refractivity contribution in [3.63, 3.8) is 0 Å². The monoisotopic (exact) mass is 545 g/mol. The Morgan fingerprint density at radius 1 is 1.00 bits per heavy atom. The summed E-state index contributed by atoms with van der Waals surface area (Å²) in [6, 6.07) is 14.2. The number of likely N-dealkylation sites (tertiary alicyclic amines) is 1. The molecular weight excluding hydrogens is 517 g/mol. The molecule has 0 radical (unpaired) electrons. The SMILES string of the molecule is O=C(NC(CN1CCCC1)C(O)c1cc(F)c2c(c1)OCCO2)C(=O)c1ccc(-c2ccc3cnoc3c2)cc1. The summed E-state index contributed by atoms with van der Waals surface area (Å²) in [6.07, 6.45) is 2.36. The summed E-state index contributed by atoms with van der Waals surface area (Å²) >= 11 is 0. The molecule has 2 aliphatic heterocycles. The number of nitrogens with one attached hydrogen (secondary N) is 1. The van der Waals surface area contributed by atoms with Gasteiger partial charge in [0.1, 0.15) is 19.3 Å².